The summed E-state index contributed by atoms with van der Waals surface area (Å²) in [4.78, 5) is 0. The molecule has 1 saturated carbocycles. The summed E-state index contributed by atoms with van der Waals surface area (Å²) in [6.07, 6.45) is 3.66. The zero-order valence-corrected chi connectivity index (χ0v) is 9.85. The molecule has 1 aliphatic carbocycles. The average molecular weight is 183 g/mol. The van der Waals surface area contributed by atoms with E-state index in [-0.39, 0.29) is 5.54 Å². The van der Waals surface area contributed by atoms with Crippen molar-refractivity contribution < 1.29 is 0 Å². The maximum atomic E-state index is 6.23. The summed E-state index contributed by atoms with van der Waals surface area (Å²) in [5.74, 6) is 1.55. The van der Waals surface area contributed by atoms with Crippen LogP contribution in [0.15, 0.2) is 0 Å². The maximum absolute atomic E-state index is 6.23. The average Bonchev–Trinajstić information content (AvgIpc) is 1.95. The van der Waals surface area contributed by atoms with Gasteiger partial charge in [-0.05, 0) is 43.4 Å². The van der Waals surface area contributed by atoms with E-state index in [9.17, 15) is 0 Å². The Labute approximate surface area is 83.1 Å². The van der Waals surface area contributed by atoms with Crippen LogP contribution in [0.5, 0.6) is 0 Å². The third kappa shape index (κ3) is 2.46. The SMILES string of the molecule is CC(C)[C@@H]1C[C@@](C)(N)CCC1(C)C. The van der Waals surface area contributed by atoms with Crippen LogP contribution < -0.4 is 5.73 Å². The maximum Gasteiger partial charge on any atom is 0.0129 e. The van der Waals surface area contributed by atoms with Crippen LogP contribution in [0.25, 0.3) is 0 Å². The van der Waals surface area contributed by atoms with Gasteiger partial charge < -0.3 is 5.73 Å². The highest BCUT2D eigenvalue weighted by Crippen LogP contribution is 2.46. The first-order valence-corrected chi connectivity index (χ1v) is 5.53. The predicted octanol–water partition coefficient (Wildman–Crippen LogP) is 3.19. The highest BCUT2D eigenvalue weighted by molar-refractivity contribution is 4.95. The van der Waals surface area contributed by atoms with Crippen LogP contribution in [0.3, 0.4) is 0 Å². The molecule has 1 aliphatic rings. The van der Waals surface area contributed by atoms with Gasteiger partial charge in [0.15, 0.2) is 0 Å². The molecule has 0 unspecified atom stereocenters. The Balaban J connectivity index is 2.76. The number of nitrogens with two attached hydrogens (primary N) is 1. The molecule has 0 bridgehead atoms. The summed E-state index contributed by atoms with van der Waals surface area (Å²) in [6.45, 7) is 11.7. The lowest BCUT2D eigenvalue weighted by Gasteiger charge is -2.47. The van der Waals surface area contributed by atoms with Crippen molar-refractivity contribution in [3.63, 3.8) is 0 Å². The monoisotopic (exact) mass is 183 g/mol. The number of hydrogen-bond acceptors (Lipinski definition) is 1. The van der Waals surface area contributed by atoms with Gasteiger partial charge in [0.05, 0.1) is 0 Å². The molecule has 0 radical (unpaired) electrons. The van der Waals surface area contributed by atoms with Crippen molar-refractivity contribution in [3.05, 3.63) is 0 Å². The van der Waals surface area contributed by atoms with Crippen LogP contribution in [0.4, 0.5) is 0 Å². The lowest BCUT2D eigenvalue weighted by molar-refractivity contribution is 0.0546. The normalized spacial score (nSPS) is 39.5. The Morgan fingerprint density at radius 3 is 2.08 bits per heavy atom. The van der Waals surface area contributed by atoms with Crippen LogP contribution in [0.2, 0.25) is 0 Å². The van der Waals surface area contributed by atoms with Gasteiger partial charge in [-0.1, -0.05) is 27.7 Å². The van der Waals surface area contributed by atoms with Gasteiger partial charge in [-0.3, -0.25) is 0 Å². The minimum atomic E-state index is 0.0878. The minimum Gasteiger partial charge on any atom is -0.325 e. The first-order chi connectivity index (χ1) is 5.75. The van der Waals surface area contributed by atoms with Crippen LogP contribution in [-0.2, 0) is 0 Å². The van der Waals surface area contributed by atoms with Crippen molar-refractivity contribution in [2.45, 2.75) is 59.4 Å². The van der Waals surface area contributed by atoms with Crippen LogP contribution in [-0.4, -0.2) is 5.54 Å². The molecule has 0 aromatic carbocycles. The molecular weight excluding hydrogens is 158 g/mol. The standard InChI is InChI=1S/C12H25N/c1-9(2)10-8-12(5,13)7-6-11(10,3)4/h9-10H,6-8,13H2,1-5H3/t10-,12-/m0/s1. The van der Waals surface area contributed by atoms with E-state index in [1.54, 1.807) is 0 Å². The molecule has 1 rings (SSSR count). The molecule has 0 amide bonds. The second kappa shape index (κ2) is 3.27. The summed E-state index contributed by atoms with van der Waals surface area (Å²) in [5, 5.41) is 0. The van der Waals surface area contributed by atoms with Gasteiger partial charge in [-0.2, -0.15) is 0 Å². The predicted molar refractivity (Wildman–Crippen MR) is 58.6 cm³/mol. The fraction of sp³-hybridized carbons (Fsp3) is 1.00. The smallest absolute Gasteiger partial charge is 0.0129 e. The lowest BCUT2D eigenvalue weighted by Crippen LogP contribution is -2.48. The Morgan fingerprint density at radius 1 is 1.15 bits per heavy atom. The van der Waals surface area contributed by atoms with Crippen molar-refractivity contribution in [2.75, 3.05) is 0 Å². The van der Waals surface area contributed by atoms with E-state index < -0.39 is 0 Å². The topological polar surface area (TPSA) is 26.0 Å². The van der Waals surface area contributed by atoms with E-state index in [0.717, 1.165) is 11.8 Å². The number of hydrogen-bond donors (Lipinski definition) is 1. The second-order valence-corrected chi connectivity index (χ2v) is 6.20. The van der Waals surface area contributed by atoms with E-state index in [2.05, 4.69) is 34.6 Å². The Hall–Kier alpha value is -0.0400. The van der Waals surface area contributed by atoms with Crippen LogP contribution in [0, 0.1) is 17.3 Å². The summed E-state index contributed by atoms with van der Waals surface area (Å²) in [5.41, 5.74) is 6.81. The largest absolute Gasteiger partial charge is 0.325 e. The highest BCUT2D eigenvalue weighted by Gasteiger charge is 2.41. The molecular formula is C12H25N. The molecule has 0 aliphatic heterocycles. The zero-order valence-electron chi connectivity index (χ0n) is 9.85. The van der Waals surface area contributed by atoms with E-state index in [4.69, 9.17) is 5.73 Å². The summed E-state index contributed by atoms with van der Waals surface area (Å²) in [6, 6.07) is 0. The molecule has 0 spiro atoms. The fourth-order valence-electron chi connectivity index (χ4n) is 2.81. The molecule has 0 heterocycles. The van der Waals surface area contributed by atoms with E-state index >= 15 is 0 Å². The molecule has 2 atom stereocenters. The van der Waals surface area contributed by atoms with Crippen molar-refractivity contribution in [2.24, 2.45) is 23.0 Å². The number of rotatable bonds is 1. The summed E-state index contributed by atoms with van der Waals surface area (Å²) < 4.78 is 0. The molecule has 0 aromatic rings. The zero-order chi connectivity index (χ0) is 10.3. The van der Waals surface area contributed by atoms with Crippen LogP contribution >= 0.6 is 0 Å². The van der Waals surface area contributed by atoms with Crippen molar-refractivity contribution in [1.82, 2.24) is 0 Å². The third-order valence-corrected chi connectivity index (χ3v) is 3.84. The van der Waals surface area contributed by atoms with Gasteiger partial charge >= 0.3 is 0 Å². The lowest BCUT2D eigenvalue weighted by atomic mass is 9.60. The molecule has 1 heteroatoms. The Bertz CT molecular complexity index is 180. The molecule has 1 nitrogen and oxygen atoms in total. The van der Waals surface area contributed by atoms with Gasteiger partial charge in [0, 0.05) is 5.54 Å². The molecule has 13 heavy (non-hydrogen) atoms. The van der Waals surface area contributed by atoms with E-state index in [0.29, 0.717) is 5.41 Å². The van der Waals surface area contributed by atoms with Crippen molar-refractivity contribution >= 4 is 0 Å². The fourth-order valence-corrected chi connectivity index (χ4v) is 2.81. The summed E-state index contributed by atoms with van der Waals surface area (Å²) >= 11 is 0. The van der Waals surface area contributed by atoms with E-state index in [1.807, 2.05) is 0 Å². The molecule has 78 valence electrons. The van der Waals surface area contributed by atoms with Gasteiger partial charge in [0.25, 0.3) is 0 Å². The van der Waals surface area contributed by atoms with Gasteiger partial charge in [-0.25, -0.2) is 0 Å². The molecule has 1 fully saturated rings. The van der Waals surface area contributed by atoms with Crippen LogP contribution in [0.1, 0.15) is 53.9 Å². The quantitative estimate of drug-likeness (QED) is 0.664. The molecule has 2 N–H and O–H groups in total. The van der Waals surface area contributed by atoms with Gasteiger partial charge in [0.1, 0.15) is 0 Å². The Morgan fingerprint density at radius 2 is 1.69 bits per heavy atom. The second-order valence-electron chi connectivity index (χ2n) is 6.20. The van der Waals surface area contributed by atoms with Gasteiger partial charge in [-0.15, -0.1) is 0 Å². The summed E-state index contributed by atoms with van der Waals surface area (Å²) in [7, 11) is 0. The van der Waals surface area contributed by atoms with Crippen molar-refractivity contribution in [1.29, 1.82) is 0 Å². The van der Waals surface area contributed by atoms with E-state index in [1.165, 1.54) is 19.3 Å². The van der Waals surface area contributed by atoms with Crippen molar-refractivity contribution in [3.8, 4) is 0 Å². The third-order valence-electron chi connectivity index (χ3n) is 3.84. The Kier molecular flexibility index (Phi) is 2.78. The first kappa shape index (κ1) is 11.0. The molecule has 0 aromatic heterocycles. The molecule has 0 saturated heterocycles. The first-order valence-electron chi connectivity index (χ1n) is 5.53. The van der Waals surface area contributed by atoms with Gasteiger partial charge in [0.2, 0.25) is 0 Å². The minimum absolute atomic E-state index is 0.0878. The highest BCUT2D eigenvalue weighted by atomic mass is 14.7.